The van der Waals surface area contributed by atoms with Crippen molar-refractivity contribution in [2.45, 2.75) is 57.5 Å². The largest absolute Gasteiger partial charge is 0.444 e. The Hall–Kier alpha value is -1.93. The molecular formula is C20H27ClF2N2O4. The SMILES string of the molecule is COCC(NC(=O)C1CC(C)(F)CN1C(=O)OC(C)(C)C)c1cccc(Cl)c1F. The van der Waals surface area contributed by atoms with E-state index in [4.69, 9.17) is 21.1 Å². The van der Waals surface area contributed by atoms with Crippen LogP contribution in [0.1, 0.15) is 45.7 Å². The van der Waals surface area contributed by atoms with Crippen molar-refractivity contribution in [3.05, 3.63) is 34.6 Å². The van der Waals surface area contributed by atoms with E-state index in [1.165, 1.54) is 26.2 Å². The number of nitrogens with zero attached hydrogens (tertiary/aromatic N) is 1. The van der Waals surface area contributed by atoms with Crippen LogP contribution in [0.5, 0.6) is 0 Å². The average Bonchev–Trinajstić information content (AvgIpc) is 2.91. The maximum absolute atomic E-state index is 14.7. The zero-order valence-electron chi connectivity index (χ0n) is 17.2. The lowest BCUT2D eigenvalue weighted by Gasteiger charge is -2.29. The van der Waals surface area contributed by atoms with Gasteiger partial charge in [0, 0.05) is 19.1 Å². The minimum atomic E-state index is -1.75. The van der Waals surface area contributed by atoms with E-state index in [0.717, 1.165) is 4.90 Å². The van der Waals surface area contributed by atoms with Gasteiger partial charge in [-0.3, -0.25) is 9.69 Å². The Morgan fingerprint density at radius 3 is 2.66 bits per heavy atom. The van der Waals surface area contributed by atoms with E-state index in [-0.39, 0.29) is 30.2 Å². The Morgan fingerprint density at radius 2 is 2.07 bits per heavy atom. The number of methoxy groups -OCH3 is 1. The molecule has 3 atom stereocenters. The molecule has 2 amide bonds. The van der Waals surface area contributed by atoms with Gasteiger partial charge in [0.2, 0.25) is 5.91 Å². The molecule has 6 nitrogen and oxygen atoms in total. The number of alkyl halides is 1. The second-order valence-corrected chi connectivity index (χ2v) is 8.81. The van der Waals surface area contributed by atoms with Crippen molar-refractivity contribution in [2.75, 3.05) is 20.3 Å². The third-order valence-corrected chi connectivity index (χ3v) is 4.72. The molecule has 0 aromatic heterocycles. The highest BCUT2D eigenvalue weighted by Gasteiger charge is 2.48. The molecule has 2 rings (SSSR count). The minimum Gasteiger partial charge on any atom is -0.444 e. The lowest BCUT2D eigenvalue weighted by atomic mass is 10.0. The molecule has 1 fully saturated rings. The lowest BCUT2D eigenvalue weighted by Crippen LogP contribution is -2.48. The standard InChI is InChI=1S/C20H27ClF2N2O4/c1-19(2,3)29-18(27)25-11-20(4,23)9-15(25)17(26)24-14(10-28-5)12-7-6-8-13(21)16(12)22/h6-8,14-15H,9-11H2,1-5H3,(H,24,26). The number of hydrogen-bond acceptors (Lipinski definition) is 4. The first-order valence-electron chi connectivity index (χ1n) is 9.26. The predicted octanol–water partition coefficient (Wildman–Crippen LogP) is 4.02. The van der Waals surface area contributed by atoms with Gasteiger partial charge in [-0.1, -0.05) is 23.7 Å². The summed E-state index contributed by atoms with van der Waals surface area (Å²) in [5, 5.41) is 2.56. The lowest BCUT2D eigenvalue weighted by molar-refractivity contribution is -0.126. The van der Waals surface area contributed by atoms with Crippen molar-refractivity contribution < 1.29 is 27.8 Å². The van der Waals surface area contributed by atoms with Crippen LogP contribution in [0.25, 0.3) is 0 Å². The van der Waals surface area contributed by atoms with Gasteiger partial charge in [0.25, 0.3) is 0 Å². The maximum atomic E-state index is 14.7. The second-order valence-electron chi connectivity index (χ2n) is 8.40. The van der Waals surface area contributed by atoms with Crippen molar-refractivity contribution in [2.24, 2.45) is 0 Å². The second kappa shape index (κ2) is 8.83. The molecule has 1 aromatic carbocycles. The summed E-state index contributed by atoms with van der Waals surface area (Å²) in [6.45, 7) is 6.06. The van der Waals surface area contributed by atoms with Crippen molar-refractivity contribution in [1.82, 2.24) is 10.2 Å². The molecule has 1 aliphatic rings. The number of halogens is 3. The highest BCUT2D eigenvalue weighted by atomic mass is 35.5. The Bertz CT molecular complexity index is 767. The van der Waals surface area contributed by atoms with Crippen LogP contribution in [-0.4, -0.2) is 54.5 Å². The normalized spacial score (nSPS) is 23.0. The summed E-state index contributed by atoms with van der Waals surface area (Å²) in [4.78, 5) is 26.5. The van der Waals surface area contributed by atoms with Crippen molar-refractivity contribution >= 4 is 23.6 Å². The van der Waals surface area contributed by atoms with Crippen LogP contribution in [0.4, 0.5) is 13.6 Å². The van der Waals surface area contributed by atoms with Gasteiger partial charge in [0.1, 0.15) is 23.1 Å². The molecule has 0 radical (unpaired) electrons. The molecule has 29 heavy (non-hydrogen) atoms. The monoisotopic (exact) mass is 432 g/mol. The van der Waals surface area contributed by atoms with Gasteiger partial charge in [-0.15, -0.1) is 0 Å². The number of carbonyl (C=O) groups is 2. The summed E-state index contributed by atoms with van der Waals surface area (Å²) in [5.74, 6) is -1.30. The number of amides is 2. The van der Waals surface area contributed by atoms with Crippen LogP contribution in [0, 0.1) is 5.82 Å². The summed E-state index contributed by atoms with van der Waals surface area (Å²) in [6.07, 6.45) is -0.980. The highest BCUT2D eigenvalue weighted by Crippen LogP contribution is 2.32. The number of benzene rings is 1. The van der Waals surface area contributed by atoms with E-state index >= 15 is 0 Å². The van der Waals surface area contributed by atoms with Crippen molar-refractivity contribution in [3.8, 4) is 0 Å². The molecule has 3 unspecified atom stereocenters. The number of likely N-dealkylation sites (tertiary alicyclic amines) is 1. The average molecular weight is 433 g/mol. The van der Waals surface area contributed by atoms with Crippen LogP contribution >= 0.6 is 11.6 Å². The Balaban J connectivity index is 2.24. The summed E-state index contributed by atoms with van der Waals surface area (Å²) in [7, 11) is 1.41. The first-order valence-corrected chi connectivity index (χ1v) is 9.64. The van der Waals surface area contributed by atoms with E-state index in [1.807, 2.05) is 0 Å². The Morgan fingerprint density at radius 1 is 1.41 bits per heavy atom. The highest BCUT2D eigenvalue weighted by molar-refractivity contribution is 6.30. The minimum absolute atomic E-state index is 0.0327. The van der Waals surface area contributed by atoms with Gasteiger partial charge in [0.05, 0.1) is 24.2 Å². The fraction of sp³-hybridized carbons (Fsp3) is 0.600. The molecule has 1 aliphatic heterocycles. The first-order chi connectivity index (χ1) is 13.3. The number of nitrogens with one attached hydrogen (secondary N) is 1. The number of carbonyl (C=O) groups excluding carboxylic acids is 2. The van der Waals surface area contributed by atoms with Crippen LogP contribution in [-0.2, 0) is 14.3 Å². The third kappa shape index (κ3) is 6.02. The van der Waals surface area contributed by atoms with Crippen LogP contribution < -0.4 is 5.32 Å². The quantitative estimate of drug-likeness (QED) is 0.763. The first kappa shape index (κ1) is 23.3. The maximum Gasteiger partial charge on any atom is 0.411 e. The topological polar surface area (TPSA) is 67.9 Å². The van der Waals surface area contributed by atoms with E-state index in [0.29, 0.717) is 0 Å². The summed E-state index contributed by atoms with van der Waals surface area (Å²) in [5.41, 5.74) is -2.41. The van der Waals surface area contributed by atoms with Crippen molar-refractivity contribution in [3.63, 3.8) is 0 Å². The number of hydrogen-bond donors (Lipinski definition) is 1. The molecule has 1 N–H and O–H groups in total. The van der Waals surface area contributed by atoms with Gasteiger partial charge < -0.3 is 14.8 Å². The fourth-order valence-corrected chi connectivity index (χ4v) is 3.41. The zero-order chi connectivity index (χ0) is 22.0. The van der Waals surface area contributed by atoms with Crippen LogP contribution in [0.15, 0.2) is 18.2 Å². The zero-order valence-corrected chi connectivity index (χ0v) is 18.0. The van der Waals surface area contributed by atoms with Crippen LogP contribution in [0.2, 0.25) is 5.02 Å². The molecule has 0 spiro atoms. The Labute approximate surface area is 174 Å². The molecule has 0 bridgehead atoms. The number of ether oxygens (including phenoxy) is 2. The molecule has 1 aromatic rings. The molecule has 9 heteroatoms. The van der Waals surface area contributed by atoms with Gasteiger partial charge in [-0.25, -0.2) is 13.6 Å². The summed E-state index contributed by atoms with van der Waals surface area (Å²) >= 11 is 5.84. The third-order valence-electron chi connectivity index (χ3n) is 4.43. The van der Waals surface area contributed by atoms with E-state index in [1.54, 1.807) is 26.8 Å². The van der Waals surface area contributed by atoms with E-state index in [2.05, 4.69) is 5.32 Å². The molecule has 162 valence electrons. The van der Waals surface area contributed by atoms with Crippen LogP contribution in [0.3, 0.4) is 0 Å². The van der Waals surface area contributed by atoms with Gasteiger partial charge in [-0.2, -0.15) is 0 Å². The molecule has 1 heterocycles. The predicted molar refractivity (Wildman–Crippen MR) is 105 cm³/mol. The van der Waals surface area contributed by atoms with E-state index in [9.17, 15) is 18.4 Å². The molecule has 0 aliphatic carbocycles. The summed E-state index contributed by atoms with van der Waals surface area (Å²) < 4.78 is 39.5. The van der Waals surface area contributed by atoms with Crippen molar-refractivity contribution in [1.29, 1.82) is 0 Å². The number of rotatable bonds is 5. The summed E-state index contributed by atoms with van der Waals surface area (Å²) in [6, 6.07) is 2.46. The fourth-order valence-electron chi connectivity index (χ4n) is 3.22. The molecular weight excluding hydrogens is 406 g/mol. The van der Waals surface area contributed by atoms with Gasteiger partial charge >= 0.3 is 6.09 Å². The Kier molecular flexibility index (Phi) is 7.11. The van der Waals surface area contributed by atoms with Gasteiger partial charge in [0.15, 0.2) is 0 Å². The molecule has 1 saturated heterocycles. The molecule has 0 saturated carbocycles. The van der Waals surface area contributed by atoms with Gasteiger partial charge in [-0.05, 0) is 33.8 Å². The van der Waals surface area contributed by atoms with E-state index < -0.39 is 41.2 Å². The smallest absolute Gasteiger partial charge is 0.411 e.